The molecule has 3 rings (SSSR count). The normalized spacial score (nSPS) is 9.79. The molecule has 0 atom stereocenters. The van der Waals surface area contributed by atoms with Crippen molar-refractivity contribution in [3.05, 3.63) is 62.7 Å². The van der Waals surface area contributed by atoms with Gasteiger partial charge in [0.05, 0.1) is 24.6 Å². The predicted octanol–water partition coefficient (Wildman–Crippen LogP) is 6.27. The van der Waals surface area contributed by atoms with Gasteiger partial charge in [0.2, 0.25) is 0 Å². The Labute approximate surface area is 185 Å². The average molecular weight is 478 g/mol. The number of hydrogen-bond acceptors (Lipinski definition) is 3. The van der Waals surface area contributed by atoms with E-state index in [4.69, 9.17) is 16.9 Å². The van der Waals surface area contributed by atoms with E-state index in [1.165, 1.54) is 0 Å². The third-order valence-electron chi connectivity index (χ3n) is 4.02. The highest BCUT2D eigenvalue weighted by Crippen LogP contribution is 2.27. The van der Waals surface area contributed by atoms with Crippen LogP contribution in [0.4, 0.5) is 0 Å². The first kappa shape index (κ1) is 24.7. The molecule has 3 aromatic rings. The lowest BCUT2D eigenvalue weighted by atomic mass is 10.1. The standard InChI is InChI=1S/C19H16BrClN4O.C2H6.CH4/c1-12-9-14(20)10-16-17(24-25(18(12)16)8-2-7-22)19(26)23-11-13-3-5-15(21)6-4-13;1-2;/h3-6,9-10H,2,8,11H2,1H3,(H,23,26);1-2H3;1H4. The summed E-state index contributed by atoms with van der Waals surface area (Å²) in [7, 11) is 0. The Morgan fingerprint density at radius 1 is 1.28 bits per heavy atom. The van der Waals surface area contributed by atoms with E-state index in [0.717, 1.165) is 26.5 Å². The molecule has 0 aliphatic heterocycles. The van der Waals surface area contributed by atoms with Gasteiger partial charge in [0.1, 0.15) is 0 Å². The van der Waals surface area contributed by atoms with Crippen LogP contribution in [0.3, 0.4) is 0 Å². The van der Waals surface area contributed by atoms with Crippen molar-refractivity contribution in [1.82, 2.24) is 15.1 Å². The number of nitrogens with zero attached hydrogens (tertiary/aromatic N) is 3. The molecule has 0 aliphatic rings. The summed E-state index contributed by atoms with van der Waals surface area (Å²) in [6.07, 6.45) is 0.331. The van der Waals surface area contributed by atoms with Gasteiger partial charge in [-0.05, 0) is 42.3 Å². The lowest BCUT2D eigenvalue weighted by Gasteiger charge is -2.04. The molecule has 0 unspecified atom stereocenters. The molecule has 1 N–H and O–H groups in total. The molecule has 0 spiro atoms. The number of nitrogens with one attached hydrogen (secondary N) is 1. The van der Waals surface area contributed by atoms with E-state index in [9.17, 15) is 4.79 Å². The van der Waals surface area contributed by atoms with E-state index < -0.39 is 0 Å². The molecule has 0 aliphatic carbocycles. The van der Waals surface area contributed by atoms with Crippen LogP contribution in [-0.4, -0.2) is 15.7 Å². The summed E-state index contributed by atoms with van der Waals surface area (Å²) in [4.78, 5) is 12.7. The number of aryl methyl sites for hydroxylation is 2. The molecule has 2 aromatic carbocycles. The molecule has 5 nitrogen and oxygen atoms in total. The summed E-state index contributed by atoms with van der Waals surface area (Å²) in [5.74, 6) is -0.252. The zero-order valence-electron chi connectivity index (χ0n) is 16.1. The first-order valence-corrected chi connectivity index (χ1v) is 10.2. The molecule has 0 saturated heterocycles. The van der Waals surface area contributed by atoms with E-state index in [2.05, 4.69) is 32.4 Å². The van der Waals surface area contributed by atoms with Crippen molar-refractivity contribution >= 4 is 44.3 Å². The molecule has 0 bridgehead atoms. The minimum Gasteiger partial charge on any atom is -0.347 e. The van der Waals surface area contributed by atoms with Gasteiger partial charge in [-0.2, -0.15) is 10.4 Å². The monoisotopic (exact) mass is 476 g/mol. The molecule has 1 heterocycles. The fraction of sp³-hybridized carbons (Fsp3) is 0.318. The largest absolute Gasteiger partial charge is 0.347 e. The van der Waals surface area contributed by atoms with Crippen molar-refractivity contribution in [2.75, 3.05) is 0 Å². The van der Waals surface area contributed by atoms with Gasteiger partial charge in [-0.25, -0.2) is 0 Å². The quantitative estimate of drug-likeness (QED) is 0.471. The molecule has 0 saturated carbocycles. The fourth-order valence-electron chi connectivity index (χ4n) is 2.84. The number of carbonyl (C=O) groups is 1. The van der Waals surface area contributed by atoms with Gasteiger partial charge in [0.25, 0.3) is 5.91 Å². The first-order valence-electron chi connectivity index (χ1n) is 9.06. The molecule has 0 fully saturated rings. The van der Waals surface area contributed by atoms with Crippen LogP contribution < -0.4 is 5.32 Å². The molecular formula is C22H26BrClN4O. The SMILES string of the molecule is C.CC.Cc1cc(Br)cc2c(C(=O)NCc3ccc(Cl)cc3)nn(CCC#N)c12. The summed E-state index contributed by atoms with van der Waals surface area (Å²) in [6, 6.07) is 13.3. The summed E-state index contributed by atoms with van der Waals surface area (Å²) < 4.78 is 2.62. The number of hydrogen-bond donors (Lipinski definition) is 1. The predicted molar refractivity (Wildman–Crippen MR) is 123 cm³/mol. The van der Waals surface area contributed by atoms with Crippen LogP contribution in [0.15, 0.2) is 40.9 Å². The average Bonchev–Trinajstić information content (AvgIpc) is 3.06. The van der Waals surface area contributed by atoms with Gasteiger partial charge < -0.3 is 5.32 Å². The van der Waals surface area contributed by atoms with Crippen molar-refractivity contribution in [1.29, 1.82) is 5.26 Å². The first-order chi connectivity index (χ1) is 13.5. The van der Waals surface area contributed by atoms with Gasteiger partial charge >= 0.3 is 0 Å². The Balaban J connectivity index is 0.00000136. The number of rotatable bonds is 5. The van der Waals surface area contributed by atoms with Crippen LogP contribution in [0.2, 0.25) is 5.02 Å². The number of amides is 1. The van der Waals surface area contributed by atoms with Crippen molar-refractivity contribution in [3.63, 3.8) is 0 Å². The molecule has 1 aromatic heterocycles. The van der Waals surface area contributed by atoms with E-state index in [0.29, 0.717) is 30.2 Å². The Morgan fingerprint density at radius 3 is 2.55 bits per heavy atom. The smallest absolute Gasteiger partial charge is 0.272 e. The van der Waals surface area contributed by atoms with E-state index in [1.807, 2.05) is 45.0 Å². The molecular weight excluding hydrogens is 452 g/mol. The van der Waals surface area contributed by atoms with Crippen LogP contribution in [0.5, 0.6) is 0 Å². The highest BCUT2D eigenvalue weighted by molar-refractivity contribution is 9.10. The van der Waals surface area contributed by atoms with Crippen LogP contribution in [0.1, 0.15) is 49.3 Å². The zero-order valence-corrected chi connectivity index (χ0v) is 18.4. The topological polar surface area (TPSA) is 70.7 Å². The second kappa shape index (κ2) is 11.6. The molecule has 1 amide bonds. The maximum atomic E-state index is 12.7. The highest BCUT2D eigenvalue weighted by Gasteiger charge is 2.19. The minimum absolute atomic E-state index is 0. The van der Waals surface area contributed by atoms with Crippen LogP contribution in [-0.2, 0) is 13.1 Å². The number of carbonyl (C=O) groups excluding carboxylic acids is 1. The Hall–Kier alpha value is -2.36. The third-order valence-corrected chi connectivity index (χ3v) is 4.73. The molecule has 0 radical (unpaired) electrons. The maximum absolute atomic E-state index is 12.7. The summed E-state index contributed by atoms with van der Waals surface area (Å²) >= 11 is 9.36. The van der Waals surface area contributed by atoms with E-state index >= 15 is 0 Å². The number of aromatic nitrogens is 2. The van der Waals surface area contributed by atoms with Crippen molar-refractivity contribution in [3.8, 4) is 6.07 Å². The van der Waals surface area contributed by atoms with Crippen molar-refractivity contribution < 1.29 is 4.79 Å². The number of nitriles is 1. The van der Waals surface area contributed by atoms with Crippen LogP contribution in [0.25, 0.3) is 10.9 Å². The van der Waals surface area contributed by atoms with Crippen LogP contribution >= 0.6 is 27.5 Å². The fourth-order valence-corrected chi connectivity index (χ4v) is 3.54. The van der Waals surface area contributed by atoms with E-state index in [1.54, 1.807) is 16.8 Å². The maximum Gasteiger partial charge on any atom is 0.272 e. The number of fused-ring (bicyclic) bond motifs is 1. The van der Waals surface area contributed by atoms with Gasteiger partial charge in [-0.3, -0.25) is 9.48 Å². The Kier molecular flexibility index (Phi) is 9.87. The zero-order chi connectivity index (χ0) is 20.7. The molecule has 154 valence electrons. The second-order valence-corrected chi connectivity index (χ2v) is 7.26. The van der Waals surface area contributed by atoms with Gasteiger partial charge in [0, 0.05) is 21.4 Å². The van der Waals surface area contributed by atoms with Crippen molar-refractivity contribution in [2.45, 2.75) is 47.7 Å². The minimum atomic E-state index is -0.252. The number of halogens is 2. The van der Waals surface area contributed by atoms with E-state index in [-0.39, 0.29) is 13.3 Å². The summed E-state index contributed by atoms with van der Waals surface area (Å²) in [5.41, 5.74) is 3.18. The molecule has 29 heavy (non-hydrogen) atoms. The van der Waals surface area contributed by atoms with Gasteiger partial charge in [-0.1, -0.05) is 60.9 Å². The Morgan fingerprint density at radius 2 is 1.93 bits per heavy atom. The lowest BCUT2D eigenvalue weighted by Crippen LogP contribution is -2.23. The van der Waals surface area contributed by atoms with Crippen LogP contribution in [0, 0.1) is 18.3 Å². The number of benzene rings is 2. The van der Waals surface area contributed by atoms with Gasteiger partial charge in [0.15, 0.2) is 5.69 Å². The molecule has 7 heteroatoms. The summed E-state index contributed by atoms with van der Waals surface area (Å²) in [6.45, 7) is 6.79. The Bertz CT molecular complexity index is 1010. The van der Waals surface area contributed by atoms with Crippen molar-refractivity contribution in [2.24, 2.45) is 0 Å². The second-order valence-electron chi connectivity index (χ2n) is 5.91. The lowest BCUT2D eigenvalue weighted by molar-refractivity contribution is 0.0946. The third kappa shape index (κ3) is 6.06. The van der Waals surface area contributed by atoms with Gasteiger partial charge in [-0.15, -0.1) is 0 Å². The summed E-state index contributed by atoms with van der Waals surface area (Å²) in [5, 5.41) is 17.7. The highest BCUT2D eigenvalue weighted by atomic mass is 79.9.